The zero-order valence-electron chi connectivity index (χ0n) is 21.8. The molecule has 2 heterocycles. The third-order valence-electron chi connectivity index (χ3n) is 6.23. The van der Waals surface area contributed by atoms with Gasteiger partial charge in [-0.25, -0.2) is 18.0 Å². The lowest BCUT2D eigenvalue weighted by molar-refractivity contribution is 0.0664. The van der Waals surface area contributed by atoms with Crippen molar-refractivity contribution in [1.29, 1.82) is 0 Å². The zero-order chi connectivity index (χ0) is 28.5. The number of hydrogen-bond acceptors (Lipinski definition) is 6. The van der Waals surface area contributed by atoms with Gasteiger partial charge in [0.1, 0.15) is 11.3 Å². The van der Waals surface area contributed by atoms with Gasteiger partial charge in [-0.3, -0.25) is 4.31 Å². The first-order valence-electron chi connectivity index (χ1n) is 12.0. The Bertz CT molecular complexity index is 1630. The highest BCUT2D eigenvalue weighted by atomic mass is 35.5. The first-order chi connectivity index (χ1) is 18.4. The lowest BCUT2D eigenvalue weighted by Crippen LogP contribution is -2.39. The van der Waals surface area contributed by atoms with Gasteiger partial charge in [0, 0.05) is 36.6 Å². The van der Waals surface area contributed by atoms with Crippen LogP contribution in [0.3, 0.4) is 0 Å². The number of nitrogens with zero attached hydrogens (tertiary/aromatic N) is 3. The van der Waals surface area contributed by atoms with Crippen molar-refractivity contribution in [2.24, 2.45) is 0 Å². The van der Waals surface area contributed by atoms with E-state index >= 15 is 0 Å². The Morgan fingerprint density at radius 2 is 1.79 bits per heavy atom. The Balaban J connectivity index is 1.77. The van der Waals surface area contributed by atoms with E-state index in [1.807, 2.05) is 0 Å². The number of furan rings is 2. The van der Waals surface area contributed by atoms with Crippen LogP contribution in [0.25, 0.3) is 11.0 Å². The summed E-state index contributed by atoms with van der Waals surface area (Å²) in [6, 6.07) is 12.2. The van der Waals surface area contributed by atoms with Crippen molar-refractivity contribution in [3.63, 3.8) is 0 Å². The molecule has 0 radical (unpaired) electrons. The van der Waals surface area contributed by atoms with Gasteiger partial charge in [0.15, 0.2) is 0 Å². The summed E-state index contributed by atoms with van der Waals surface area (Å²) < 4.78 is 39.9. The third-order valence-corrected chi connectivity index (χ3v) is 8.35. The number of carboxylic acids is 1. The molecule has 0 unspecified atom stereocenters. The van der Waals surface area contributed by atoms with Crippen LogP contribution >= 0.6 is 11.6 Å². The van der Waals surface area contributed by atoms with Gasteiger partial charge >= 0.3 is 12.0 Å². The first kappa shape index (κ1) is 28.1. The van der Waals surface area contributed by atoms with E-state index in [0.29, 0.717) is 33.0 Å². The Labute approximate surface area is 231 Å². The number of aryl methyl sites for hydroxylation is 1. The van der Waals surface area contributed by atoms with E-state index in [1.54, 1.807) is 58.3 Å². The van der Waals surface area contributed by atoms with E-state index in [4.69, 9.17) is 20.4 Å². The molecule has 0 saturated heterocycles. The van der Waals surface area contributed by atoms with Crippen LogP contribution in [0.1, 0.15) is 34.4 Å². The fraction of sp³-hybridized carbons (Fsp3) is 0.259. The van der Waals surface area contributed by atoms with E-state index in [0.717, 1.165) is 0 Å². The molecule has 0 atom stereocenters. The molecule has 0 aliphatic carbocycles. The summed E-state index contributed by atoms with van der Waals surface area (Å²) in [5.41, 5.74) is 1.48. The Hall–Kier alpha value is -3.96. The smallest absolute Gasteiger partial charge is 0.372 e. The van der Waals surface area contributed by atoms with Crippen molar-refractivity contribution >= 4 is 50.3 Å². The van der Waals surface area contributed by atoms with Gasteiger partial charge in [-0.2, -0.15) is 0 Å². The Morgan fingerprint density at radius 1 is 1.05 bits per heavy atom. The van der Waals surface area contributed by atoms with E-state index in [2.05, 4.69) is 0 Å². The maximum atomic E-state index is 13.9. The highest BCUT2D eigenvalue weighted by Gasteiger charge is 2.29. The molecule has 1 N–H and O–H groups in total. The maximum absolute atomic E-state index is 13.9. The highest BCUT2D eigenvalue weighted by molar-refractivity contribution is 7.92. The number of amides is 2. The topological polar surface area (TPSA) is 125 Å². The number of carboxylic acid groups (broad SMARTS) is 1. The third kappa shape index (κ3) is 5.59. The summed E-state index contributed by atoms with van der Waals surface area (Å²) in [4.78, 5) is 27.4. The first-order valence-corrected chi connectivity index (χ1v) is 13.8. The number of sulfonamides is 1. The summed E-state index contributed by atoms with van der Waals surface area (Å²) in [5.74, 6) is -0.909. The normalized spacial score (nSPS) is 11.5. The van der Waals surface area contributed by atoms with Gasteiger partial charge in [0.2, 0.25) is 5.76 Å². The number of carbonyl (C=O) groups is 2. The van der Waals surface area contributed by atoms with E-state index in [-0.39, 0.29) is 41.9 Å². The fourth-order valence-electron chi connectivity index (χ4n) is 4.36. The van der Waals surface area contributed by atoms with Gasteiger partial charge in [0.05, 0.1) is 29.9 Å². The second kappa shape index (κ2) is 11.0. The van der Waals surface area contributed by atoms with Crippen molar-refractivity contribution in [3.8, 4) is 0 Å². The lowest BCUT2D eigenvalue weighted by atomic mass is 10.1. The van der Waals surface area contributed by atoms with Crippen LogP contribution in [0.2, 0.25) is 5.02 Å². The Morgan fingerprint density at radius 3 is 2.41 bits per heavy atom. The molecule has 0 spiro atoms. The summed E-state index contributed by atoms with van der Waals surface area (Å²) >= 11 is 6.32. The lowest BCUT2D eigenvalue weighted by Gasteiger charge is -2.29. The average molecular weight is 574 g/mol. The molecule has 0 bridgehead atoms. The SMILES string of the molecule is CCN(c1ccc(Cl)cc1CN(Cc1ccco1)C(=O)N(C)C)S(=O)(=O)c1ccc2oc(C(=O)O)c(C)c2c1. The maximum Gasteiger partial charge on any atom is 0.372 e. The molecule has 0 aliphatic heterocycles. The fourth-order valence-corrected chi connectivity index (χ4v) is 6.09. The molecular formula is C27H28ClN3O7S. The van der Waals surface area contributed by atoms with Gasteiger partial charge in [-0.1, -0.05) is 11.6 Å². The quantitative estimate of drug-likeness (QED) is 0.277. The van der Waals surface area contributed by atoms with Crippen molar-refractivity contribution in [1.82, 2.24) is 9.80 Å². The largest absolute Gasteiger partial charge is 0.475 e. The molecule has 10 nitrogen and oxygen atoms in total. The number of carbonyl (C=O) groups excluding carboxylic acids is 1. The standard InChI is InChI=1S/C27H28ClN3O7S/c1-5-31(39(35,36)21-9-11-24-22(14-21)17(2)25(38-24)26(32)33)23-10-8-19(28)13-18(23)15-30(27(34)29(3)4)16-20-7-6-12-37-20/h6-14H,5,15-16H2,1-4H3,(H,32,33). The molecule has 2 aromatic carbocycles. The van der Waals surface area contributed by atoms with Crippen molar-refractivity contribution in [2.75, 3.05) is 24.9 Å². The van der Waals surface area contributed by atoms with Crippen LogP contribution in [0.5, 0.6) is 0 Å². The van der Waals surface area contributed by atoms with Gasteiger partial charge in [0.25, 0.3) is 10.0 Å². The molecule has 2 amide bonds. The monoisotopic (exact) mass is 573 g/mol. The van der Waals surface area contributed by atoms with Crippen molar-refractivity contribution in [2.45, 2.75) is 31.8 Å². The summed E-state index contributed by atoms with van der Waals surface area (Å²) in [6.45, 7) is 3.57. The van der Waals surface area contributed by atoms with Crippen molar-refractivity contribution in [3.05, 3.63) is 82.5 Å². The number of halogens is 1. The molecule has 206 valence electrons. The predicted molar refractivity (Wildman–Crippen MR) is 147 cm³/mol. The van der Waals surface area contributed by atoms with E-state index in [9.17, 15) is 23.1 Å². The van der Waals surface area contributed by atoms with E-state index < -0.39 is 16.0 Å². The second-order valence-electron chi connectivity index (χ2n) is 9.07. The molecule has 2 aromatic heterocycles. The average Bonchev–Trinajstić information content (AvgIpc) is 3.52. The molecule has 39 heavy (non-hydrogen) atoms. The van der Waals surface area contributed by atoms with Crippen LogP contribution in [0.4, 0.5) is 10.5 Å². The molecule has 0 aliphatic rings. The molecule has 0 saturated carbocycles. The predicted octanol–water partition coefficient (Wildman–Crippen LogP) is 5.58. The number of aromatic carboxylic acids is 1. The second-order valence-corrected chi connectivity index (χ2v) is 11.4. The number of benzene rings is 2. The number of fused-ring (bicyclic) bond motifs is 1. The van der Waals surface area contributed by atoms with Crippen LogP contribution in [0.15, 0.2) is 68.5 Å². The molecule has 12 heteroatoms. The van der Waals surface area contributed by atoms with Gasteiger partial charge < -0.3 is 23.7 Å². The number of rotatable bonds is 9. The minimum absolute atomic E-state index is 0.0320. The van der Waals surface area contributed by atoms with Gasteiger partial charge in [-0.05, 0) is 67.9 Å². The van der Waals surface area contributed by atoms with Gasteiger partial charge in [-0.15, -0.1) is 0 Å². The number of hydrogen-bond donors (Lipinski definition) is 1. The minimum atomic E-state index is -4.11. The van der Waals surface area contributed by atoms with E-state index in [1.165, 1.54) is 38.6 Å². The van der Waals surface area contributed by atoms with Crippen LogP contribution in [-0.4, -0.2) is 56.0 Å². The van der Waals surface area contributed by atoms with Crippen LogP contribution in [0, 0.1) is 6.92 Å². The number of urea groups is 1. The number of anilines is 1. The molecule has 4 rings (SSSR count). The van der Waals surface area contributed by atoms with Crippen molar-refractivity contribution < 1.29 is 31.9 Å². The summed E-state index contributed by atoms with van der Waals surface area (Å²) in [5, 5.41) is 10.2. The summed E-state index contributed by atoms with van der Waals surface area (Å²) in [7, 11) is -0.856. The van der Waals surface area contributed by atoms with Crippen LogP contribution < -0.4 is 4.31 Å². The summed E-state index contributed by atoms with van der Waals surface area (Å²) in [6.07, 6.45) is 1.52. The Kier molecular flexibility index (Phi) is 7.94. The molecule has 0 fully saturated rings. The molecular weight excluding hydrogens is 546 g/mol. The van der Waals surface area contributed by atoms with Crippen LogP contribution in [-0.2, 0) is 23.1 Å². The zero-order valence-corrected chi connectivity index (χ0v) is 23.4. The minimum Gasteiger partial charge on any atom is -0.475 e. The molecule has 4 aromatic rings. The highest BCUT2D eigenvalue weighted by Crippen LogP contribution is 2.33.